The van der Waals surface area contributed by atoms with Crippen LogP contribution in [-0.2, 0) is 4.74 Å². The molecule has 6 nitrogen and oxygen atoms in total. The molecular formula is C18H16N2O4S. The van der Waals surface area contributed by atoms with Gasteiger partial charge < -0.3 is 9.15 Å². The van der Waals surface area contributed by atoms with Crippen molar-refractivity contribution in [1.29, 1.82) is 0 Å². The molecule has 0 aliphatic carbocycles. The van der Waals surface area contributed by atoms with Gasteiger partial charge in [-0.2, -0.15) is 0 Å². The van der Waals surface area contributed by atoms with Crippen molar-refractivity contribution < 1.29 is 18.7 Å². The van der Waals surface area contributed by atoms with Crippen LogP contribution in [0.25, 0.3) is 11.3 Å². The number of hydrogen-bond donors (Lipinski definition) is 1. The van der Waals surface area contributed by atoms with Crippen molar-refractivity contribution in [3.05, 3.63) is 58.9 Å². The summed E-state index contributed by atoms with van der Waals surface area (Å²) in [5, 5.41) is 2.99. The van der Waals surface area contributed by atoms with E-state index in [0.717, 1.165) is 22.5 Å². The molecule has 0 bridgehead atoms. The van der Waals surface area contributed by atoms with Crippen LogP contribution in [0.5, 0.6) is 0 Å². The number of aromatic nitrogens is 1. The first-order chi connectivity index (χ1) is 12.1. The van der Waals surface area contributed by atoms with Crippen LogP contribution >= 0.6 is 11.3 Å². The molecule has 0 unspecified atom stereocenters. The molecule has 7 heteroatoms. The molecule has 2 heterocycles. The predicted molar refractivity (Wildman–Crippen MR) is 94.9 cm³/mol. The van der Waals surface area contributed by atoms with Gasteiger partial charge in [-0.3, -0.25) is 10.1 Å². The lowest BCUT2D eigenvalue weighted by atomic mass is 10.1. The fraction of sp³-hybridized carbons (Fsp3) is 0.167. The van der Waals surface area contributed by atoms with Crippen LogP contribution < -0.4 is 5.32 Å². The Morgan fingerprint density at radius 2 is 2.00 bits per heavy atom. The monoisotopic (exact) mass is 356 g/mol. The van der Waals surface area contributed by atoms with Gasteiger partial charge >= 0.3 is 5.97 Å². The first-order valence-electron chi connectivity index (χ1n) is 7.69. The van der Waals surface area contributed by atoms with E-state index in [1.165, 1.54) is 6.26 Å². The van der Waals surface area contributed by atoms with Crippen molar-refractivity contribution in [2.24, 2.45) is 0 Å². The van der Waals surface area contributed by atoms with E-state index in [0.29, 0.717) is 15.7 Å². The third kappa shape index (κ3) is 3.61. The molecule has 0 saturated carbocycles. The number of hydrogen-bond acceptors (Lipinski definition) is 6. The zero-order valence-electron chi connectivity index (χ0n) is 13.7. The van der Waals surface area contributed by atoms with E-state index in [2.05, 4.69) is 10.3 Å². The molecule has 0 aliphatic rings. The molecule has 2 aromatic heterocycles. The lowest BCUT2D eigenvalue weighted by Crippen LogP contribution is -2.11. The van der Waals surface area contributed by atoms with Gasteiger partial charge in [-0.25, -0.2) is 9.78 Å². The van der Waals surface area contributed by atoms with E-state index >= 15 is 0 Å². The number of ether oxygens (including phenoxy) is 1. The molecule has 1 N–H and O–H groups in total. The smallest absolute Gasteiger partial charge is 0.350 e. The Morgan fingerprint density at radius 3 is 2.64 bits per heavy atom. The number of nitrogens with one attached hydrogen (secondary N) is 1. The second kappa shape index (κ2) is 7.31. The second-order valence-electron chi connectivity index (χ2n) is 5.17. The van der Waals surface area contributed by atoms with Crippen LogP contribution in [0.2, 0.25) is 0 Å². The number of esters is 1. The molecule has 1 aromatic carbocycles. The summed E-state index contributed by atoms with van der Waals surface area (Å²) < 4.78 is 10.3. The summed E-state index contributed by atoms with van der Waals surface area (Å²) in [5.41, 5.74) is 1.98. The van der Waals surface area contributed by atoms with E-state index in [-0.39, 0.29) is 12.4 Å². The van der Waals surface area contributed by atoms with Crippen molar-refractivity contribution in [2.75, 3.05) is 11.9 Å². The number of carbonyl (C=O) groups excluding carboxylic acids is 2. The van der Waals surface area contributed by atoms with E-state index in [9.17, 15) is 9.59 Å². The lowest BCUT2D eigenvalue weighted by Gasteiger charge is -2.01. The minimum atomic E-state index is -0.464. The van der Waals surface area contributed by atoms with Gasteiger partial charge in [0.2, 0.25) is 0 Å². The number of amides is 1. The van der Waals surface area contributed by atoms with Gasteiger partial charge in [-0.15, -0.1) is 0 Å². The minimum absolute atomic E-state index is 0.217. The molecule has 0 spiro atoms. The number of furan rings is 1. The zero-order valence-corrected chi connectivity index (χ0v) is 14.6. The van der Waals surface area contributed by atoms with Gasteiger partial charge in [0.25, 0.3) is 5.91 Å². The second-order valence-corrected chi connectivity index (χ2v) is 6.17. The van der Waals surface area contributed by atoms with Crippen molar-refractivity contribution in [3.8, 4) is 11.3 Å². The van der Waals surface area contributed by atoms with Gasteiger partial charge in [0.15, 0.2) is 10.9 Å². The number of carbonyl (C=O) groups is 2. The first kappa shape index (κ1) is 16.9. The highest BCUT2D eigenvalue weighted by Crippen LogP contribution is 2.32. The Kier molecular flexibility index (Phi) is 4.95. The summed E-state index contributed by atoms with van der Waals surface area (Å²) in [7, 11) is 0. The van der Waals surface area contributed by atoms with Crippen molar-refractivity contribution in [3.63, 3.8) is 0 Å². The maximum absolute atomic E-state index is 12.3. The Morgan fingerprint density at radius 1 is 1.24 bits per heavy atom. The van der Waals surface area contributed by atoms with Crippen molar-refractivity contribution in [2.45, 2.75) is 13.8 Å². The summed E-state index contributed by atoms with van der Waals surface area (Å²) in [6.07, 6.45) is 1.45. The van der Waals surface area contributed by atoms with Crippen LogP contribution in [0, 0.1) is 6.92 Å². The van der Waals surface area contributed by atoms with Gasteiger partial charge in [-0.05, 0) is 19.9 Å². The molecular weight excluding hydrogens is 340 g/mol. The van der Waals surface area contributed by atoms with Gasteiger partial charge in [0.1, 0.15) is 4.88 Å². The van der Waals surface area contributed by atoms with Crippen LogP contribution in [0.1, 0.15) is 32.7 Å². The largest absolute Gasteiger partial charge is 0.462 e. The summed E-state index contributed by atoms with van der Waals surface area (Å²) in [6, 6.07) is 11.0. The molecule has 0 aliphatic heterocycles. The SMILES string of the molecule is CCOC(=O)c1sc(NC(=O)c2occc2C)nc1-c1ccccc1. The summed E-state index contributed by atoms with van der Waals surface area (Å²) in [5.74, 6) is -0.658. The molecule has 3 rings (SSSR count). The molecule has 0 radical (unpaired) electrons. The molecule has 25 heavy (non-hydrogen) atoms. The van der Waals surface area contributed by atoms with Gasteiger partial charge in [0, 0.05) is 11.1 Å². The number of nitrogens with zero attached hydrogens (tertiary/aromatic N) is 1. The predicted octanol–water partition coefficient (Wildman–Crippen LogP) is 4.14. The van der Waals surface area contributed by atoms with Crippen molar-refractivity contribution in [1.82, 2.24) is 4.98 Å². The van der Waals surface area contributed by atoms with Crippen LogP contribution in [0.3, 0.4) is 0 Å². The molecule has 0 atom stereocenters. The molecule has 3 aromatic rings. The van der Waals surface area contributed by atoms with Gasteiger partial charge in [-0.1, -0.05) is 41.7 Å². The quantitative estimate of drug-likeness (QED) is 0.695. The highest BCUT2D eigenvalue weighted by molar-refractivity contribution is 7.18. The van der Waals surface area contributed by atoms with Crippen LogP contribution in [0.15, 0.2) is 47.1 Å². The van der Waals surface area contributed by atoms with E-state index in [4.69, 9.17) is 9.15 Å². The third-order valence-electron chi connectivity index (χ3n) is 3.42. The number of thiazole rings is 1. The Balaban J connectivity index is 1.94. The zero-order chi connectivity index (χ0) is 17.8. The van der Waals surface area contributed by atoms with Crippen LogP contribution in [-0.4, -0.2) is 23.5 Å². The molecule has 0 saturated heterocycles. The highest BCUT2D eigenvalue weighted by Gasteiger charge is 2.22. The molecule has 1 amide bonds. The minimum Gasteiger partial charge on any atom is -0.462 e. The van der Waals surface area contributed by atoms with Crippen molar-refractivity contribution >= 4 is 28.3 Å². The maximum atomic E-state index is 12.3. The fourth-order valence-electron chi connectivity index (χ4n) is 2.26. The summed E-state index contributed by atoms with van der Waals surface area (Å²) in [6.45, 7) is 3.78. The summed E-state index contributed by atoms with van der Waals surface area (Å²) >= 11 is 1.07. The van der Waals surface area contributed by atoms with E-state index in [1.807, 2.05) is 30.3 Å². The standard InChI is InChI=1S/C18H16N2O4S/c1-3-23-17(22)15-13(12-7-5-4-6-8-12)19-18(25-15)20-16(21)14-11(2)9-10-24-14/h4-10H,3H2,1-2H3,(H,19,20,21). The number of rotatable bonds is 5. The average molecular weight is 356 g/mol. The van der Waals surface area contributed by atoms with E-state index < -0.39 is 11.9 Å². The average Bonchev–Trinajstić information content (AvgIpc) is 3.22. The first-order valence-corrected chi connectivity index (χ1v) is 8.50. The maximum Gasteiger partial charge on any atom is 0.350 e. The van der Waals surface area contributed by atoms with Gasteiger partial charge in [0.05, 0.1) is 18.6 Å². The number of aryl methyl sites for hydroxylation is 1. The fourth-order valence-corrected chi connectivity index (χ4v) is 3.14. The Hall–Kier alpha value is -2.93. The Bertz CT molecular complexity index is 899. The van der Waals surface area contributed by atoms with E-state index in [1.54, 1.807) is 19.9 Å². The van der Waals surface area contributed by atoms with Crippen LogP contribution in [0.4, 0.5) is 5.13 Å². The summed E-state index contributed by atoms with van der Waals surface area (Å²) in [4.78, 5) is 29.3. The molecule has 128 valence electrons. The lowest BCUT2D eigenvalue weighted by molar-refractivity contribution is 0.0532. The third-order valence-corrected chi connectivity index (χ3v) is 4.37. The Labute approximate surface area is 148 Å². The number of anilines is 1. The molecule has 0 fully saturated rings. The normalized spacial score (nSPS) is 10.5. The highest BCUT2D eigenvalue weighted by atomic mass is 32.1. The number of benzene rings is 1. The topological polar surface area (TPSA) is 81.4 Å².